The summed E-state index contributed by atoms with van der Waals surface area (Å²) in [7, 11) is 0. The van der Waals surface area contributed by atoms with Gasteiger partial charge in [0.2, 0.25) is 4.38 Å². The fourth-order valence-corrected chi connectivity index (χ4v) is 2.22. The Balaban J connectivity index is 2.74. The van der Waals surface area contributed by atoms with Gasteiger partial charge in [0, 0.05) is 4.90 Å². The third kappa shape index (κ3) is 4.70. The number of thioether (sulfide) groups is 1. The van der Waals surface area contributed by atoms with Gasteiger partial charge < -0.3 is 9.84 Å². The van der Waals surface area contributed by atoms with E-state index < -0.39 is 11.8 Å². The van der Waals surface area contributed by atoms with Crippen molar-refractivity contribution in [3.05, 3.63) is 29.6 Å². The Labute approximate surface area is 108 Å². The molecule has 0 heterocycles. The number of hydrogen-bond donors (Lipinski definition) is 1. The summed E-state index contributed by atoms with van der Waals surface area (Å²) in [6.07, 6.45) is -0.327. The van der Waals surface area contributed by atoms with Crippen LogP contribution in [0.4, 0.5) is 4.39 Å². The molecule has 0 amide bonds. The van der Waals surface area contributed by atoms with Gasteiger partial charge in [0.15, 0.2) is 0 Å². The lowest BCUT2D eigenvalue weighted by atomic mass is 10.1. The van der Waals surface area contributed by atoms with Gasteiger partial charge in [-0.25, -0.2) is 4.39 Å². The van der Waals surface area contributed by atoms with Crippen LogP contribution in [0.2, 0.25) is 0 Å². The number of ether oxygens (including phenoxy) is 1. The monoisotopic (exact) mass is 274 g/mol. The smallest absolute Gasteiger partial charge is 0.307 e. The van der Waals surface area contributed by atoms with Crippen molar-refractivity contribution < 1.29 is 19.0 Å². The highest BCUT2D eigenvalue weighted by Crippen LogP contribution is 2.23. The number of carboxylic acid groups (broad SMARTS) is 1. The summed E-state index contributed by atoms with van der Waals surface area (Å²) in [5.74, 6) is -1.61. The molecule has 1 rings (SSSR count). The number of carbonyl (C=O) groups is 1. The molecule has 92 valence electrons. The molecule has 17 heavy (non-hydrogen) atoms. The number of thiocarbonyl (C=S) groups is 1. The van der Waals surface area contributed by atoms with Crippen molar-refractivity contribution in [1.29, 1.82) is 0 Å². The molecule has 0 aliphatic rings. The molecule has 0 atom stereocenters. The van der Waals surface area contributed by atoms with Crippen LogP contribution in [0.3, 0.4) is 0 Å². The molecule has 0 aliphatic heterocycles. The number of rotatable bonds is 4. The zero-order valence-electron chi connectivity index (χ0n) is 9.10. The summed E-state index contributed by atoms with van der Waals surface area (Å²) in [6.45, 7) is 2.27. The maximum atomic E-state index is 13.5. The minimum atomic E-state index is -1.06. The first-order valence-electron chi connectivity index (χ1n) is 4.87. The predicted molar refractivity (Wildman–Crippen MR) is 67.8 cm³/mol. The van der Waals surface area contributed by atoms with Gasteiger partial charge in [-0.1, -0.05) is 6.07 Å². The van der Waals surface area contributed by atoms with Crippen molar-refractivity contribution in [2.24, 2.45) is 0 Å². The highest BCUT2D eigenvalue weighted by atomic mass is 32.2. The lowest BCUT2D eigenvalue weighted by Crippen LogP contribution is -2.02. The summed E-state index contributed by atoms with van der Waals surface area (Å²) in [6, 6.07) is 4.33. The van der Waals surface area contributed by atoms with Crippen LogP contribution in [0, 0.1) is 5.82 Å². The molecule has 0 unspecified atom stereocenters. The second kappa shape index (κ2) is 6.56. The summed E-state index contributed by atoms with van der Waals surface area (Å²) >= 11 is 6.04. The lowest BCUT2D eigenvalue weighted by Gasteiger charge is -2.06. The van der Waals surface area contributed by atoms with Crippen LogP contribution in [0.5, 0.6) is 0 Å². The van der Waals surface area contributed by atoms with E-state index in [4.69, 9.17) is 22.1 Å². The third-order valence-electron chi connectivity index (χ3n) is 1.83. The molecule has 0 saturated heterocycles. The Bertz CT molecular complexity index is 435. The van der Waals surface area contributed by atoms with E-state index in [1.165, 1.54) is 12.1 Å². The van der Waals surface area contributed by atoms with E-state index in [9.17, 15) is 9.18 Å². The fraction of sp³-hybridized carbons (Fsp3) is 0.273. The maximum Gasteiger partial charge on any atom is 0.307 e. The number of hydrogen-bond acceptors (Lipinski definition) is 4. The Hall–Kier alpha value is -1.14. The molecular weight excluding hydrogens is 263 g/mol. The number of aliphatic carboxylic acids is 1. The largest absolute Gasteiger partial charge is 0.481 e. The van der Waals surface area contributed by atoms with Crippen molar-refractivity contribution in [1.82, 2.24) is 0 Å². The Morgan fingerprint density at radius 2 is 2.29 bits per heavy atom. The topological polar surface area (TPSA) is 46.5 Å². The molecule has 0 aliphatic carbocycles. The molecule has 0 aromatic heterocycles. The van der Waals surface area contributed by atoms with E-state index >= 15 is 0 Å². The Morgan fingerprint density at radius 1 is 1.59 bits per heavy atom. The number of halogens is 1. The van der Waals surface area contributed by atoms with Gasteiger partial charge in [0.25, 0.3) is 0 Å². The van der Waals surface area contributed by atoms with Gasteiger partial charge in [-0.3, -0.25) is 4.79 Å². The van der Waals surface area contributed by atoms with Crippen LogP contribution in [0.15, 0.2) is 23.1 Å². The normalized spacial score (nSPS) is 10.0. The van der Waals surface area contributed by atoms with Gasteiger partial charge in [0.05, 0.1) is 13.0 Å². The van der Waals surface area contributed by atoms with Gasteiger partial charge >= 0.3 is 5.97 Å². The molecule has 1 N–H and O–H groups in total. The van der Waals surface area contributed by atoms with Gasteiger partial charge in [-0.15, -0.1) is 0 Å². The van der Waals surface area contributed by atoms with E-state index in [1.54, 1.807) is 6.07 Å². The summed E-state index contributed by atoms with van der Waals surface area (Å²) in [5, 5.41) is 8.56. The first-order chi connectivity index (χ1) is 8.02. The van der Waals surface area contributed by atoms with Crippen LogP contribution in [0.1, 0.15) is 12.5 Å². The van der Waals surface area contributed by atoms with E-state index in [-0.39, 0.29) is 12.0 Å². The first-order valence-corrected chi connectivity index (χ1v) is 6.10. The van der Waals surface area contributed by atoms with Crippen molar-refractivity contribution in [2.45, 2.75) is 18.2 Å². The summed E-state index contributed by atoms with van der Waals surface area (Å²) < 4.78 is 18.9. The van der Waals surface area contributed by atoms with Crippen molar-refractivity contribution in [3.8, 4) is 0 Å². The zero-order valence-corrected chi connectivity index (χ0v) is 10.7. The molecule has 1 aromatic carbocycles. The minimum Gasteiger partial charge on any atom is -0.481 e. The van der Waals surface area contributed by atoms with Gasteiger partial charge in [0.1, 0.15) is 5.82 Å². The maximum absolute atomic E-state index is 13.5. The van der Waals surface area contributed by atoms with E-state index in [0.717, 1.165) is 11.8 Å². The summed E-state index contributed by atoms with van der Waals surface area (Å²) in [4.78, 5) is 11.0. The van der Waals surface area contributed by atoms with Gasteiger partial charge in [-0.2, -0.15) is 0 Å². The van der Waals surface area contributed by atoms with E-state index in [2.05, 4.69) is 0 Å². The molecule has 0 radical (unpaired) electrons. The first kappa shape index (κ1) is 13.9. The SMILES string of the molecule is CCOC(=S)Sc1ccc(CC(=O)O)c(F)c1. The predicted octanol–water partition coefficient (Wildman–Crippen LogP) is 2.87. The molecule has 0 saturated carbocycles. The number of benzene rings is 1. The van der Waals surface area contributed by atoms with Crippen LogP contribution < -0.4 is 0 Å². The number of carboxylic acids is 1. The van der Waals surface area contributed by atoms with E-state index in [1.807, 2.05) is 6.92 Å². The average molecular weight is 274 g/mol. The zero-order chi connectivity index (χ0) is 12.8. The van der Waals surface area contributed by atoms with Gasteiger partial charge in [-0.05, 0) is 48.6 Å². The minimum absolute atomic E-state index is 0.157. The molecule has 1 aromatic rings. The molecular formula is C11H11FO3S2. The molecule has 0 spiro atoms. The van der Waals surface area contributed by atoms with E-state index in [0.29, 0.717) is 15.9 Å². The quantitative estimate of drug-likeness (QED) is 0.675. The molecule has 0 fully saturated rings. The standard InChI is InChI=1S/C11H11FO3S2/c1-2-15-11(16)17-8-4-3-7(5-10(13)14)9(12)6-8/h3-4,6H,2,5H2,1H3,(H,13,14). The van der Waals surface area contributed by atoms with Crippen molar-refractivity contribution in [2.75, 3.05) is 6.61 Å². The molecule has 6 heteroatoms. The fourth-order valence-electron chi connectivity index (χ4n) is 1.14. The lowest BCUT2D eigenvalue weighted by molar-refractivity contribution is -0.136. The Kier molecular flexibility index (Phi) is 5.37. The summed E-state index contributed by atoms with van der Waals surface area (Å²) in [5.41, 5.74) is 0.157. The molecule has 3 nitrogen and oxygen atoms in total. The highest BCUT2D eigenvalue weighted by Gasteiger charge is 2.09. The van der Waals surface area contributed by atoms with Crippen LogP contribution in [-0.4, -0.2) is 22.1 Å². The van der Waals surface area contributed by atoms with Crippen molar-refractivity contribution >= 4 is 34.3 Å². The Morgan fingerprint density at radius 3 is 2.82 bits per heavy atom. The van der Waals surface area contributed by atoms with Crippen LogP contribution >= 0.6 is 24.0 Å². The van der Waals surface area contributed by atoms with Crippen LogP contribution in [-0.2, 0) is 16.0 Å². The highest BCUT2D eigenvalue weighted by molar-refractivity contribution is 8.22. The second-order valence-electron chi connectivity index (χ2n) is 3.11. The molecule has 0 bridgehead atoms. The average Bonchev–Trinajstić information content (AvgIpc) is 2.22. The second-order valence-corrected chi connectivity index (χ2v) is 4.78. The third-order valence-corrected chi connectivity index (χ3v) is 2.97. The van der Waals surface area contributed by atoms with Crippen molar-refractivity contribution in [3.63, 3.8) is 0 Å². The van der Waals surface area contributed by atoms with Crippen LogP contribution in [0.25, 0.3) is 0 Å².